The van der Waals surface area contributed by atoms with E-state index in [2.05, 4.69) is 5.32 Å². The summed E-state index contributed by atoms with van der Waals surface area (Å²) >= 11 is 0. The molecule has 0 bridgehead atoms. The molecule has 5 heteroatoms. The summed E-state index contributed by atoms with van der Waals surface area (Å²) in [7, 11) is 1.47. The van der Waals surface area contributed by atoms with Gasteiger partial charge >= 0.3 is 0 Å². The fourth-order valence-corrected chi connectivity index (χ4v) is 2.31. The van der Waals surface area contributed by atoms with Gasteiger partial charge in [-0.3, -0.25) is 19.8 Å². The van der Waals surface area contributed by atoms with Gasteiger partial charge < -0.3 is 0 Å². The number of carbonyl (C=O) groups is 2. The van der Waals surface area contributed by atoms with Crippen molar-refractivity contribution in [3.05, 3.63) is 35.6 Å². The van der Waals surface area contributed by atoms with Crippen LogP contribution in [-0.2, 0) is 9.59 Å². The van der Waals surface area contributed by atoms with Crippen molar-refractivity contribution in [2.24, 2.45) is 0 Å². The van der Waals surface area contributed by atoms with Crippen molar-refractivity contribution >= 4 is 11.8 Å². The Morgan fingerprint density at radius 2 is 2.11 bits per heavy atom. The van der Waals surface area contributed by atoms with E-state index >= 15 is 0 Å². The first-order valence-electron chi connectivity index (χ1n) is 6.35. The monoisotopic (exact) mass is 264 g/mol. The molecule has 1 saturated heterocycles. The Hall–Kier alpha value is -1.75. The smallest absolute Gasteiger partial charge is 0.246 e. The van der Waals surface area contributed by atoms with Gasteiger partial charge in [-0.1, -0.05) is 25.1 Å². The molecule has 2 rings (SSSR count). The highest BCUT2D eigenvalue weighted by molar-refractivity contribution is 6.05. The third kappa shape index (κ3) is 2.66. The average Bonchev–Trinajstić information content (AvgIpc) is 2.64. The SMILES string of the molecule is CCC(NC1CC(=O)N(C)C1=O)c1ccccc1F. The Morgan fingerprint density at radius 3 is 2.63 bits per heavy atom. The van der Waals surface area contributed by atoms with Gasteiger partial charge in [0.15, 0.2) is 0 Å². The van der Waals surface area contributed by atoms with E-state index < -0.39 is 6.04 Å². The molecule has 0 aliphatic carbocycles. The average molecular weight is 264 g/mol. The van der Waals surface area contributed by atoms with E-state index in [1.165, 1.54) is 13.1 Å². The second-order valence-electron chi connectivity index (χ2n) is 4.70. The number of likely N-dealkylation sites (tertiary alicyclic amines) is 1. The van der Waals surface area contributed by atoms with E-state index in [0.717, 1.165) is 4.90 Å². The van der Waals surface area contributed by atoms with Gasteiger partial charge in [0, 0.05) is 18.7 Å². The summed E-state index contributed by atoms with van der Waals surface area (Å²) in [5, 5.41) is 3.08. The van der Waals surface area contributed by atoms with Crippen LogP contribution >= 0.6 is 0 Å². The van der Waals surface area contributed by atoms with Gasteiger partial charge in [0.05, 0.1) is 12.5 Å². The normalized spacial score (nSPS) is 21.0. The first kappa shape index (κ1) is 13.7. The molecule has 0 spiro atoms. The summed E-state index contributed by atoms with van der Waals surface area (Å²) in [6, 6.07) is 5.66. The maximum Gasteiger partial charge on any atom is 0.246 e. The second-order valence-corrected chi connectivity index (χ2v) is 4.70. The van der Waals surface area contributed by atoms with Crippen molar-refractivity contribution in [3.63, 3.8) is 0 Å². The van der Waals surface area contributed by atoms with Gasteiger partial charge in [0.2, 0.25) is 11.8 Å². The number of nitrogens with one attached hydrogen (secondary N) is 1. The van der Waals surface area contributed by atoms with Gasteiger partial charge in [0.1, 0.15) is 5.82 Å². The van der Waals surface area contributed by atoms with Crippen molar-refractivity contribution in [2.45, 2.75) is 31.8 Å². The molecule has 4 nitrogen and oxygen atoms in total. The number of nitrogens with zero attached hydrogens (tertiary/aromatic N) is 1. The van der Waals surface area contributed by atoms with E-state index in [4.69, 9.17) is 0 Å². The molecular weight excluding hydrogens is 247 g/mol. The zero-order valence-electron chi connectivity index (χ0n) is 11.0. The number of carbonyl (C=O) groups excluding carboxylic acids is 2. The van der Waals surface area contributed by atoms with Crippen LogP contribution < -0.4 is 5.32 Å². The zero-order valence-corrected chi connectivity index (χ0v) is 11.0. The van der Waals surface area contributed by atoms with Gasteiger partial charge in [-0.05, 0) is 12.5 Å². The Labute approximate surface area is 111 Å². The second kappa shape index (κ2) is 5.48. The van der Waals surface area contributed by atoms with Crippen LogP contribution in [0, 0.1) is 5.82 Å². The molecule has 2 amide bonds. The Balaban J connectivity index is 2.15. The Bertz CT molecular complexity index is 504. The number of halogens is 1. The molecule has 1 aliphatic rings. The van der Waals surface area contributed by atoms with Crippen LogP contribution in [0.3, 0.4) is 0 Å². The predicted molar refractivity (Wildman–Crippen MR) is 68.7 cm³/mol. The van der Waals surface area contributed by atoms with Crippen molar-refractivity contribution < 1.29 is 14.0 Å². The summed E-state index contributed by atoms with van der Waals surface area (Å²) in [6.45, 7) is 1.91. The highest BCUT2D eigenvalue weighted by Crippen LogP contribution is 2.22. The summed E-state index contributed by atoms with van der Waals surface area (Å²) in [4.78, 5) is 24.4. The van der Waals surface area contributed by atoms with Gasteiger partial charge in [-0.25, -0.2) is 4.39 Å². The van der Waals surface area contributed by atoms with Crippen LogP contribution in [0.1, 0.15) is 31.4 Å². The van der Waals surface area contributed by atoms with Crippen molar-refractivity contribution in [3.8, 4) is 0 Å². The molecule has 1 aliphatic heterocycles. The predicted octanol–water partition coefficient (Wildman–Crippen LogP) is 1.62. The fourth-order valence-electron chi connectivity index (χ4n) is 2.31. The molecule has 1 aromatic rings. The van der Waals surface area contributed by atoms with Crippen LogP contribution in [0.25, 0.3) is 0 Å². The minimum Gasteiger partial charge on any atom is -0.298 e. The number of hydrogen-bond donors (Lipinski definition) is 1. The van der Waals surface area contributed by atoms with Crippen LogP contribution in [0.2, 0.25) is 0 Å². The van der Waals surface area contributed by atoms with E-state index in [9.17, 15) is 14.0 Å². The molecule has 19 heavy (non-hydrogen) atoms. The van der Waals surface area contributed by atoms with Crippen LogP contribution in [0.4, 0.5) is 4.39 Å². The highest BCUT2D eigenvalue weighted by Gasteiger charge is 2.37. The summed E-state index contributed by atoms with van der Waals surface area (Å²) in [5.41, 5.74) is 0.528. The molecule has 1 N–H and O–H groups in total. The molecule has 1 heterocycles. The maximum absolute atomic E-state index is 13.7. The third-order valence-electron chi connectivity index (χ3n) is 3.47. The van der Waals surface area contributed by atoms with Crippen molar-refractivity contribution in [1.29, 1.82) is 0 Å². The number of benzene rings is 1. The fraction of sp³-hybridized carbons (Fsp3) is 0.429. The highest BCUT2D eigenvalue weighted by atomic mass is 19.1. The summed E-state index contributed by atoms with van der Waals surface area (Å²) in [5.74, 6) is -0.752. The lowest BCUT2D eigenvalue weighted by Crippen LogP contribution is -2.39. The molecule has 2 atom stereocenters. The number of likely N-dealkylation sites (N-methyl/N-ethyl adjacent to an activating group) is 1. The first-order chi connectivity index (χ1) is 9.04. The molecule has 2 unspecified atom stereocenters. The van der Waals surface area contributed by atoms with E-state index in [1.807, 2.05) is 6.92 Å². The number of hydrogen-bond acceptors (Lipinski definition) is 3. The van der Waals surface area contributed by atoms with Crippen molar-refractivity contribution in [1.82, 2.24) is 10.2 Å². The standard InChI is InChI=1S/C14H17FN2O2/c1-3-11(9-6-4-5-7-10(9)15)16-12-8-13(18)17(2)14(12)19/h4-7,11-12,16H,3,8H2,1-2H3. The summed E-state index contributed by atoms with van der Waals surface area (Å²) < 4.78 is 13.7. The van der Waals surface area contributed by atoms with Crippen LogP contribution in [0.5, 0.6) is 0 Å². The van der Waals surface area contributed by atoms with Crippen LogP contribution in [-0.4, -0.2) is 29.8 Å². The molecule has 0 aromatic heterocycles. The Morgan fingerprint density at radius 1 is 1.42 bits per heavy atom. The molecular formula is C14H17FN2O2. The molecule has 1 fully saturated rings. The quantitative estimate of drug-likeness (QED) is 0.841. The lowest BCUT2D eigenvalue weighted by Gasteiger charge is -2.21. The largest absolute Gasteiger partial charge is 0.298 e. The minimum absolute atomic E-state index is 0.139. The topological polar surface area (TPSA) is 49.4 Å². The number of rotatable bonds is 4. The zero-order chi connectivity index (χ0) is 14.0. The summed E-state index contributed by atoms with van der Waals surface area (Å²) in [6.07, 6.45) is 0.781. The van der Waals surface area contributed by atoms with Crippen LogP contribution in [0.15, 0.2) is 24.3 Å². The molecule has 1 aromatic carbocycles. The van der Waals surface area contributed by atoms with Gasteiger partial charge in [-0.2, -0.15) is 0 Å². The van der Waals surface area contributed by atoms with E-state index in [-0.39, 0.29) is 30.1 Å². The Kier molecular flexibility index (Phi) is 3.95. The lowest BCUT2D eigenvalue weighted by molar-refractivity contribution is -0.137. The molecule has 0 radical (unpaired) electrons. The maximum atomic E-state index is 13.7. The van der Waals surface area contributed by atoms with Gasteiger partial charge in [-0.15, -0.1) is 0 Å². The molecule has 0 saturated carbocycles. The number of imide groups is 1. The van der Waals surface area contributed by atoms with Crippen molar-refractivity contribution in [2.75, 3.05) is 7.05 Å². The lowest BCUT2D eigenvalue weighted by atomic mass is 10.0. The number of amides is 2. The third-order valence-corrected chi connectivity index (χ3v) is 3.47. The molecule has 102 valence electrons. The van der Waals surface area contributed by atoms with Gasteiger partial charge in [0.25, 0.3) is 0 Å². The van der Waals surface area contributed by atoms with E-state index in [0.29, 0.717) is 12.0 Å². The first-order valence-corrected chi connectivity index (χ1v) is 6.35. The minimum atomic E-state index is -0.554. The van der Waals surface area contributed by atoms with E-state index in [1.54, 1.807) is 18.2 Å².